The van der Waals surface area contributed by atoms with E-state index in [-0.39, 0.29) is 41.1 Å². The van der Waals surface area contributed by atoms with Gasteiger partial charge in [0.15, 0.2) is 12.6 Å². The van der Waals surface area contributed by atoms with E-state index in [1.54, 1.807) is 0 Å². The molecule has 0 bridgehead atoms. The molecule has 2 saturated heterocycles. The smallest absolute Gasteiger partial charge is 0.187 e. The molecule has 19 unspecified atom stereocenters. The second kappa shape index (κ2) is 15.3. The van der Waals surface area contributed by atoms with Crippen LogP contribution in [-0.2, 0) is 23.7 Å². The number of hydrogen-bond donors (Lipinski definition) is 8. The van der Waals surface area contributed by atoms with Gasteiger partial charge in [-0.3, -0.25) is 0 Å². The van der Waals surface area contributed by atoms with Crippen molar-refractivity contribution in [3.05, 3.63) is 11.6 Å². The minimum atomic E-state index is -1.73. The third kappa shape index (κ3) is 6.77. The van der Waals surface area contributed by atoms with Gasteiger partial charge in [-0.1, -0.05) is 39.3 Å². The van der Waals surface area contributed by atoms with Gasteiger partial charge in [0.2, 0.25) is 0 Å². The average Bonchev–Trinajstić information content (AvgIpc) is 3.50. The molecule has 6 fully saturated rings. The Morgan fingerprint density at radius 3 is 2.17 bits per heavy atom. The van der Waals surface area contributed by atoms with E-state index in [1.807, 2.05) is 6.92 Å². The van der Waals surface area contributed by atoms with Crippen LogP contribution in [0.1, 0.15) is 106 Å². The predicted octanol–water partition coefficient (Wildman–Crippen LogP) is 1.97. The highest BCUT2D eigenvalue weighted by atomic mass is 16.8. The predicted molar refractivity (Wildman–Crippen MR) is 195 cm³/mol. The Morgan fingerprint density at radius 2 is 1.52 bits per heavy atom. The third-order valence-corrected chi connectivity index (χ3v) is 16.0. The van der Waals surface area contributed by atoms with Crippen LogP contribution in [0, 0.1) is 45.3 Å². The van der Waals surface area contributed by atoms with Crippen molar-refractivity contribution >= 4 is 6.29 Å². The van der Waals surface area contributed by atoms with Crippen molar-refractivity contribution in [3.8, 4) is 0 Å². The summed E-state index contributed by atoms with van der Waals surface area (Å²) in [5.41, 5.74) is -1.55. The first-order chi connectivity index (χ1) is 25.2. The molecule has 0 radical (unpaired) electrons. The van der Waals surface area contributed by atoms with E-state index in [4.69, 9.17) is 18.9 Å². The van der Waals surface area contributed by atoms with Crippen LogP contribution in [0.3, 0.4) is 0 Å². The molecule has 4 aliphatic carbocycles. The normalized spacial score (nSPS) is 51.3. The number of rotatable bonds is 10. The summed E-state index contributed by atoms with van der Waals surface area (Å²) in [6.45, 7) is 13.9. The van der Waals surface area contributed by atoms with E-state index < -0.39 is 90.6 Å². The van der Waals surface area contributed by atoms with Gasteiger partial charge in [-0.15, -0.1) is 0 Å². The van der Waals surface area contributed by atoms with Crippen LogP contribution in [0.4, 0.5) is 0 Å². The molecule has 0 aromatic rings. The molecule has 19 atom stereocenters. The topological polar surface area (TPSA) is 216 Å². The Labute approximate surface area is 320 Å². The molecule has 0 aromatic carbocycles. The lowest BCUT2D eigenvalue weighted by molar-refractivity contribution is -0.367. The Kier molecular flexibility index (Phi) is 12.0. The molecule has 2 aliphatic heterocycles. The van der Waals surface area contributed by atoms with E-state index in [9.17, 15) is 45.6 Å². The van der Waals surface area contributed by atoms with Crippen molar-refractivity contribution < 1.29 is 64.6 Å². The first-order valence-electron chi connectivity index (χ1n) is 20.3. The standard InChI is InChI=1S/C41H68O13/c1-21(2)9-8-13-40(7,50)22-10-14-39(6)29(22)23(44)17-27-38(39,5)15-11-26-37(3,4)28(12-16-41(26,27)20-43)53-36-34(30(46)24(45)19-51-36)54-35-33(49)32(48)31(47)25(18-42)52-35/h9,20,22-36,42,44-50H,8,10-19H2,1-7H3. The van der Waals surface area contributed by atoms with Crippen molar-refractivity contribution in [2.45, 2.75) is 179 Å². The minimum Gasteiger partial charge on any atom is -0.394 e. The maximum Gasteiger partial charge on any atom is 0.187 e. The zero-order chi connectivity index (χ0) is 39.8. The number of aldehydes is 1. The zero-order valence-electron chi connectivity index (χ0n) is 33.2. The molecular formula is C41H68O13. The summed E-state index contributed by atoms with van der Waals surface area (Å²) in [7, 11) is 0. The summed E-state index contributed by atoms with van der Waals surface area (Å²) < 4.78 is 24.0. The molecule has 54 heavy (non-hydrogen) atoms. The highest BCUT2D eigenvalue weighted by Crippen LogP contribution is 2.75. The van der Waals surface area contributed by atoms with Gasteiger partial charge >= 0.3 is 0 Å². The van der Waals surface area contributed by atoms with E-state index in [0.29, 0.717) is 25.7 Å². The van der Waals surface area contributed by atoms with Crippen LogP contribution >= 0.6 is 0 Å². The molecule has 13 nitrogen and oxygen atoms in total. The lowest BCUT2D eigenvalue weighted by Crippen LogP contribution is -2.68. The number of hydrogen-bond acceptors (Lipinski definition) is 13. The summed E-state index contributed by atoms with van der Waals surface area (Å²) >= 11 is 0. The quantitative estimate of drug-likeness (QED) is 0.0908. The van der Waals surface area contributed by atoms with Crippen LogP contribution in [0.25, 0.3) is 0 Å². The summed E-state index contributed by atoms with van der Waals surface area (Å²) in [5.74, 6) is -0.328. The molecule has 6 aliphatic rings. The van der Waals surface area contributed by atoms with Crippen molar-refractivity contribution in [3.63, 3.8) is 0 Å². The molecule has 0 spiro atoms. The number of allylic oxidation sites excluding steroid dienone is 2. The average molecular weight is 769 g/mol. The molecule has 6 rings (SSSR count). The fourth-order valence-electron chi connectivity index (χ4n) is 12.8. The van der Waals surface area contributed by atoms with Crippen molar-refractivity contribution in [1.82, 2.24) is 0 Å². The number of aliphatic hydroxyl groups is 8. The number of ether oxygens (including phenoxy) is 4. The molecule has 8 N–H and O–H groups in total. The Bertz CT molecular complexity index is 1370. The monoisotopic (exact) mass is 768 g/mol. The van der Waals surface area contributed by atoms with Crippen molar-refractivity contribution in [1.29, 1.82) is 0 Å². The van der Waals surface area contributed by atoms with Gasteiger partial charge in [-0.05, 0) is 118 Å². The van der Waals surface area contributed by atoms with Crippen LogP contribution in [0.5, 0.6) is 0 Å². The highest BCUT2D eigenvalue weighted by Gasteiger charge is 2.72. The van der Waals surface area contributed by atoms with Crippen LogP contribution in [-0.4, -0.2) is 133 Å². The summed E-state index contributed by atoms with van der Waals surface area (Å²) in [5, 5.41) is 86.5. The minimum absolute atomic E-state index is 0.0474. The van der Waals surface area contributed by atoms with Crippen molar-refractivity contribution in [2.24, 2.45) is 45.3 Å². The Balaban J connectivity index is 1.23. The summed E-state index contributed by atoms with van der Waals surface area (Å²) in [6.07, 6.45) is -4.94. The molecule has 13 heteroatoms. The molecular weight excluding hydrogens is 700 g/mol. The van der Waals surface area contributed by atoms with Crippen LogP contribution < -0.4 is 0 Å². The number of carbonyl (C=O) groups is 1. The summed E-state index contributed by atoms with van der Waals surface area (Å²) in [6, 6.07) is 0. The number of fused-ring (bicyclic) bond motifs is 5. The van der Waals surface area contributed by atoms with E-state index in [0.717, 1.165) is 32.1 Å². The lowest BCUT2D eigenvalue weighted by Gasteiger charge is -2.70. The Morgan fingerprint density at radius 1 is 0.833 bits per heavy atom. The zero-order valence-corrected chi connectivity index (χ0v) is 33.2. The second-order valence-electron chi connectivity index (χ2n) is 19.4. The fourth-order valence-corrected chi connectivity index (χ4v) is 12.8. The van der Waals surface area contributed by atoms with E-state index >= 15 is 0 Å². The van der Waals surface area contributed by atoms with Gasteiger partial charge in [-0.25, -0.2) is 0 Å². The lowest BCUT2D eigenvalue weighted by atomic mass is 9.35. The van der Waals surface area contributed by atoms with Crippen molar-refractivity contribution in [2.75, 3.05) is 13.2 Å². The van der Waals surface area contributed by atoms with E-state index in [2.05, 4.69) is 47.6 Å². The highest BCUT2D eigenvalue weighted by molar-refractivity contribution is 5.62. The fraction of sp³-hybridized carbons (Fsp3) is 0.927. The second-order valence-corrected chi connectivity index (χ2v) is 19.4. The first kappa shape index (κ1) is 42.5. The van der Waals surface area contributed by atoms with Gasteiger partial charge in [-0.2, -0.15) is 0 Å². The number of aliphatic hydroxyl groups excluding tert-OH is 7. The van der Waals surface area contributed by atoms with Gasteiger partial charge in [0.05, 0.1) is 31.0 Å². The molecule has 310 valence electrons. The molecule has 0 amide bonds. The molecule has 4 saturated carbocycles. The maximum atomic E-state index is 13.7. The SMILES string of the molecule is CC(C)=CCCC(C)(O)C1CCC2(C)C1C(O)CC1C3(C=O)CCC(OC4OCC(O)C(O)C4OC4OC(CO)C(O)C(O)C4O)C(C)(C)C3CCC12C. The first-order valence-corrected chi connectivity index (χ1v) is 20.3. The number of carbonyl (C=O) groups excluding carboxylic acids is 1. The van der Waals surface area contributed by atoms with Gasteiger partial charge < -0.3 is 64.6 Å². The van der Waals surface area contributed by atoms with E-state index in [1.165, 1.54) is 11.9 Å². The molecule has 0 aromatic heterocycles. The third-order valence-electron chi connectivity index (χ3n) is 16.0. The van der Waals surface area contributed by atoms with Gasteiger partial charge in [0.1, 0.15) is 49.0 Å². The molecule has 2 heterocycles. The van der Waals surface area contributed by atoms with Gasteiger partial charge in [0, 0.05) is 5.41 Å². The van der Waals surface area contributed by atoms with Crippen LogP contribution in [0.15, 0.2) is 11.6 Å². The summed E-state index contributed by atoms with van der Waals surface area (Å²) in [4.78, 5) is 13.7. The maximum absolute atomic E-state index is 13.7. The Hall–Kier alpha value is -1.07. The van der Waals surface area contributed by atoms with Crippen LogP contribution in [0.2, 0.25) is 0 Å². The van der Waals surface area contributed by atoms with Gasteiger partial charge in [0.25, 0.3) is 0 Å². The largest absolute Gasteiger partial charge is 0.394 e.